The lowest BCUT2D eigenvalue weighted by Crippen LogP contribution is -2.51. The predicted molar refractivity (Wildman–Crippen MR) is 39.8 cm³/mol. The molecule has 1 N–H and O–H groups in total. The van der Waals surface area contributed by atoms with Crippen LogP contribution in [0, 0.1) is 11.3 Å². The van der Waals surface area contributed by atoms with Crippen molar-refractivity contribution in [3.63, 3.8) is 0 Å². The molecule has 0 amide bonds. The van der Waals surface area contributed by atoms with Gasteiger partial charge in [-0.25, -0.2) is 8.78 Å². The van der Waals surface area contributed by atoms with Crippen molar-refractivity contribution >= 4 is 0 Å². The van der Waals surface area contributed by atoms with Gasteiger partial charge in [0.05, 0.1) is 12.6 Å². The third kappa shape index (κ3) is 2.40. The molecule has 0 radical (unpaired) electrons. The van der Waals surface area contributed by atoms with Crippen molar-refractivity contribution in [3.05, 3.63) is 0 Å². The minimum absolute atomic E-state index is 0.292. The minimum atomic E-state index is -2.35. The maximum atomic E-state index is 12.0. The van der Waals surface area contributed by atoms with Gasteiger partial charge in [-0.05, 0) is 0 Å². The molecule has 1 saturated heterocycles. The van der Waals surface area contributed by atoms with Crippen LogP contribution >= 0.6 is 0 Å². The fraction of sp³-hybridized carbons (Fsp3) is 0.857. The van der Waals surface area contributed by atoms with Crippen LogP contribution in [0.1, 0.15) is 0 Å². The molecule has 0 spiro atoms. The van der Waals surface area contributed by atoms with Crippen LogP contribution in [0.25, 0.3) is 0 Å². The quantitative estimate of drug-likeness (QED) is 0.644. The van der Waals surface area contributed by atoms with Crippen molar-refractivity contribution in [3.8, 4) is 6.07 Å². The molecule has 1 rings (SSSR count). The summed E-state index contributed by atoms with van der Waals surface area (Å²) in [6, 6.07) is 1.59. The molecule has 1 heterocycles. The van der Waals surface area contributed by atoms with Crippen LogP contribution in [-0.2, 0) is 0 Å². The first kappa shape index (κ1) is 9.36. The van der Waals surface area contributed by atoms with Crippen molar-refractivity contribution < 1.29 is 8.78 Å². The number of alkyl halides is 2. The van der Waals surface area contributed by atoms with Crippen LogP contribution in [-0.4, -0.2) is 43.5 Å². The first-order valence-corrected chi connectivity index (χ1v) is 3.86. The summed E-state index contributed by atoms with van der Waals surface area (Å²) in [7, 11) is 0. The lowest BCUT2D eigenvalue weighted by atomic mass is 10.2. The Morgan fingerprint density at radius 2 is 2.42 bits per heavy atom. The van der Waals surface area contributed by atoms with Gasteiger partial charge in [-0.1, -0.05) is 0 Å². The summed E-state index contributed by atoms with van der Waals surface area (Å²) in [6.45, 7) is 1.41. The van der Waals surface area contributed by atoms with Gasteiger partial charge in [-0.2, -0.15) is 5.26 Å². The van der Waals surface area contributed by atoms with Crippen molar-refractivity contribution in [1.29, 1.82) is 5.26 Å². The second kappa shape index (κ2) is 4.33. The highest BCUT2D eigenvalue weighted by atomic mass is 19.3. The standard InChI is InChI=1S/C7H11F2N3/c8-7(9)5-12-2-1-11-4-6(12)3-10/h6-7,11H,1-2,4-5H2. The second-order valence-corrected chi connectivity index (χ2v) is 2.74. The first-order chi connectivity index (χ1) is 5.74. The van der Waals surface area contributed by atoms with E-state index in [4.69, 9.17) is 5.26 Å². The van der Waals surface area contributed by atoms with Gasteiger partial charge in [0.15, 0.2) is 0 Å². The maximum absolute atomic E-state index is 12.0. The van der Waals surface area contributed by atoms with E-state index in [1.165, 1.54) is 4.90 Å². The molecule has 0 aromatic heterocycles. The number of piperazine rings is 1. The van der Waals surface area contributed by atoms with Gasteiger partial charge in [0.25, 0.3) is 6.43 Å². The third-order valence-corrected chi connectivity index (χ3v) is 1.88. The van der Waals surface area contributed by atoms with Crippen molar-refractivity contribution in [2.24, 2.45) is 0 Å². The van der Waals surface area contributed by atoms with E-state index in [0.717, 1.165) is 0 Å². The van der Waals surface area contributed by atoms with E-state index in [-0.39, 0.29) is 6.54 Å². The molecule has 0 aliphatic carbocycles. The summed E-state index contributed by atoms with van der Waals surface area (Å²) in [6.07, 6.45) is -2.35. The number of halogens is 2. The average Bonchev–Trinajstić information content (AvgIpc) is 2.04. The largest absolute Gasteiger partial charge is 0.313 e. The van der Waals surface area contributed by atoms with E-state index in [0.29, 0.717) is 19.6 Å². The van der Waals surface area contributed by atoms with E-state index in [1.807, 2.05) is 6.07 Å². The topological polar surface area (TPSA) is 39.1 Å². The van der Waals surface area contributed by atoms with Gasteiger partial charge < -0.3 is 5.32 Å². The van der Waals surface area contributed by atoms with Crippen LogP contribution in [0.4, 0.5) is 8.78 Å². The Labute approximate surface area is 70.0 Å². The summed E-state index contributed by atoms with van der Waals surface area (Å²) >= 11 is 0. The lowest BCUT2D eigenvalue weighted by molar-refractivity contribution is 0.0683. The summed E-state index contributed by atoms with van der Waals surface area (Å²) in [5, 5.41) is 11.6. The molecule has 0 aromatic rings. The zero-order valence-electron chi connectivity index (χ0n) is 6.63. The molecule has 1 aliphatic rings. The second-order valence-electron chi connectivity index (χ2n) is 2.74. The molecular weight excluding hydrogens is 164 g/mol. The minimum Gasteiger partial charge on any atom is -0.313 e. The van der Waals surface area contributed by atoms with Crippen LogP contribution in [0.15, 0.2) is 0 Å². The maximum Gasteiger partial charge on any atom is 0.251 e. The Morgan fingerprint density at radius 1 is 1.67 bits per heavy atom. The molecule has 1 atom stereocenters. The highest BCUT2D eigenvalue weighted by Crippen LogP contribution is 2.05. The highest BCUT2D eigenvalue weighted by Gasteiger charge is 2.23. The predicted octanol–water partition coefficient (Wildman–Crippen LogP) is 0.0489. The Hall–Kier alpha value is -0.730. The number of rotatable bonds is 2. The highest BCUT2D eigenvalue weighted by molar-refractivity contribution is 4.96. The average molecular weight is 175 g/mol. The zero-order valence-corrected chi connectivity index (χ0v) is 6.63. The first-order valence-electron chi connectivity index (χ1n) is 3.86. The molecule has 5 heteroatoms. The number of nitrogens with zero attached hydrogens (tertiary/aromatic N) is 2. The molecule has 68 valence electrons. The van der Waals surface area contributed by atoms with Crippen molar-refractivity contribution in [2.75, 3.05) is 26.2 Å². The number of nitriles is 1. The molecule has 3 nitrogen and oxygen atoms in total. The van der Waals surface area contributed by atoms with E-state index in [1.54, 1.807) is 0 Å². The summed E-state index contributed by atoms with van der Waals surface area (Å²) in [5.41, 5.74) is 0. The number of nitrogens with one attached hydrogen (secondary N) is 1. The van der Waals surface area contributed by atoms with Crippen LogP contribution in [0.2, 0.25) is 0 Å². The van der Waals surface area contributed by atoms with Gasteiger partial charge in [0.1, 0.15) is 6.04 Å². The van der Waals surface area contributed by atoms with Gasteiger partial charge in [-0.15, -0.1) is 0 Å². The lowest BCUT2D eigenvalue weighted by Gasteiger charge is -2.31. The monoisotopic (exact) mass is 175 g/mol. The Balaban J connectivity index is 2.43. The third-order valence-electron chi connectivity index (χ3n) is 1.88. The molecule has 0 bridgehead atoms. The van der Waals surface area contributed by atoms with E-state index < -0.39 is 12.5 Å². The SMILES string of the molecule is N#CC1CNCCN1CC(F)F. The van der Waals surface area contributed by atoms with E-state index in [2.05, 4.69) is 5.32 Å². The van der Waals surface area contributed by atoms with Crippen LogP contribution in [0.5, 0.6) is 0 Å². The normalized spacial score (nSPS) is 25.7. The molecule has 0 aromatic carbocycles. The van der Waals surface area contributed by atoms with Crippen molar-refractivity contribution in [2.45, 2.75) is 12.5 Å². The molecule has 1 fully saturated rings. The summed E-state index contributed by atoms with van der Waals surface area (Å²) < 4.78 is 23.9. The Bertz CT molecular complexity index is 178. The number of hydrogen-bond donors (Lipinski definition) is 1. The fourth-order valence-electron chi connectivity index (χ4n) is 1.27. The van der Waals surface area contributed by atoms with Gasteiger partial charge in [-0.3, -0.25) is 4.90 Å². The summed E-state index contributed by atoms with van der Waals surface area (Å²) in [5.74, 6) is 0. The molecular formula is C7H11F2N3. The Kier molecular flexibility index (Phi) is 3.38. The molecule has 12 heavy (non-hydrogen) atoms. The van der Waals surface area contributed by atoms with E-state index in [9.17, 15) is 8.78 Å². The molecule has 0 saturated carbocycles. The van der Waals surface area contributed by atoms with Gasteiger partial charge in [0, 0.05) is 19.6 Å². The number of hydrogen-bond acceptors (Lipinski definition) is 3. The van der Waals surface area contributed by atoms with Gasteiger partial charge >= 0.3 is 0 Å². The zero-order chi connectivity index (χ0) is 8.97. The summed E-state index contributed by atoms with van der Waals surface area (Å²) in [4.78, 5) is 1.52. The van der Waals surface area contributed by atoms with Crippen LogP contribution < -0.4 is 5.32 Å². The molecule has 1 aliphatic heterocycles. The van der Waals surface area contributed by atoms with Crippen LogP contribution in [0.3, 0.4) is 0 Å². The van der Waals surface area contributed by atoms with E-state index >= 15 is 0 Å². The smallest absolute Gasteiger partial charge is 0.251 e. The molecule has 1 unspecified atom stereocenters. The fourth-order valence-corrected chi connectivity index (χ4v) is 1.27. The Morgan fingerprint density at radius 3 is 3.00 bits per heavy atom. The van der Waals surface area contributed by atoms with Crippen molar-refractivity contribution in [1.82, 2.24) is 10.2 Å². The van der Waals surface area contributed by atoms with Gasteiger partial charge in [0.2, 0.25) is 0 Å².